The Bertz CT molecular complexity index is 368. The second-order valence-electron chi connectivity index (χ2n) is 4.42. The molecule has 94 valence electrons. The van der Waals surface area contributed by atoms with Crippen LogP contribution >= 0.6 is 0 Å². The van der Waals surface area contributed by atoms with Crippen molar-refractivity contribution in [3.05, 3.63) is 29.8 Å². The van der Waals surface area contributed by atoms with Crippen LogP contribution in [0, 0.1) is 0 Å². The van der Waals surface area contributed by atoms with E-state index in [-0.39, 0.29) is 6.42 Å². The molecule has 1 aromatic carbocycles. The molecule has 0 saturated carbocycles. The number of hydrogen-bond acceptors (Lipinski definition) is 3. The van der Waals surface area contributed by atoms with Gasteiger partial charge < -0.3 is 14.9 Å². The largest absolute Gasteiger partial charge is 0.497 e. The normalized spacial score (nSPS) is 14.1. The predicted octanol–water partition coefficient (Wildman–Crippen LogP) is 1.85. The number of benzene rings is 1. The molecule has 0 heterocycles. The third-order valence-corrected chi connectivity index (χ3v) is 2.64. The summed E-state index contributed by atoms with van der Waals surface area (Å²) in [6, 6.07) is 7.52. The van der Waals surface area contributed by atoms with E-state index in [1.165, 1.54) is 0 Å². The van der Waals surface area contributed by atoms with Gasteiger partial charge in [-0.15, -0.1) is 0 Å². The molecule has 0 aliphatic heterocycles. The van der Waals surface area contributed by atoms with Gasteiger partial charge in [0.25, 0.3) is 0 Å². The summed E-state index contributed by atoms with van der Waals surface area (Å²) < 4.78 is 5.04. The van der Waals surface area contributed by atoms with Gasteiger partial charge in [-0.2, -0.15) is 0 Å². The van der Waals surface area contributed by atoms with E-state index < -0.39 is 11.6 Å². The lowest BCUT2D eigenvalue weighted by atomic mass is 9.94. The number of carboxylic acids is 1. The number of carbonyl (C=O) groups is 1. The zero-order chi connectivity index (χ0) is 12.9. The molecule has 0 amide bonds. The highest BCUT2D eigenvalue weighted by Crippen LogP contribution is 2.19. The molecule has 4 heteroatoms. The van der Waals surface area contributed by atoms with Crippen molar-refractivity contribution in [1.29, 1.82) is 0 Å². The van der Waals surface area contributed by atoms with Crippen molar-refractivity contribution in [1.82, 2.24) is 0 Å². The third kappa shape index (κ3) is 4.87. The summed E-state index contributed by atoms with van der Waals surface area (Å²) in [6.45, 7) is 1.55. The lowest BCUT2D eigenvalue weighted by molar-refractivity contribution is -0.142. The molecule has 0 saturated heterocycles. The van der Waals surface area contributed by atoms with Crippen molar-refractivity contribution >= 4 is 5.97 Å². The van der Waals surface area contributed by atoms with Crippen molar-refractivity contribution < 1.29 is 19.7 Å². The number of ether oxygens (including phenoxy) is 1. The molecule has 2 N–H and O–H groups in total. The fourth-order valence-electron chi connectivity index (χ4n) is 1.62. The molecular weight excluding hydrogens is 220 g/mol. The Morgan fingerprint density at radius 1 is 1.35 bits per heavy atom. The molecule has 1 atom stereocenters. The van der Waals surface area contributed by atoms with Gasteiger partial charge in [0.15, 0.2) is 0 Å². The smallest absolute Gasteiger partial charge is 0.306 e. The predicted molar refractivity (Wildman–Crippen MR) is 64.2 cm³/mol. The lowest BCUT2D eigenvalue weighted by Crippen LogP contribution is -2.28. The fraction of sp³-hybridized carbons (Fsp3) is 0.462. The molecule has 0 aromatic heterocycles. The van der Waals surface area contributed by atoms with E-state index in [9.17, 15) is 9.90 Å². The van der Waals surface area contributed by atoms with Crippen LogP contribution < -0.4 is 4.74 Å². The average Bonchev–Trinajstić information content (AvgIpc) is 2.25. The van der Waals surface area contributed by atoms with Gasteiger partial charge in [0, 0.05) is 0 Å². The molecule has 0 bridgehead atoms. The van der Waals surface area contributed by atoms with Crippen molar-refractivity contribution in [2.24, 2.45) is 0 Å². The zero-order valence-electron chi connectivity index (χ0n) is 10.1. The Labute approximate surface area is 101 Å². The number of methoxy groups -OCH3 is 1. The first-order valence-corrected chi connectivity index (χ1v) is 5.50. The van der Waals surface area contributed by atoms with Crippen LogP contribution in [0.25, 0.3) is 0 Å². The van der Waals surface area contributed by atoms with Gasteiger partial charge in [0.2, 0.25) is 0 Å². The van der Waals surface area contributed by atoms with Crippen LogP contribution in [0.15, 0.2) is 24.3 Å². The van der Waals surface area contributed by atoms with Gasteiger partial charge in [-0.3, -0.25) is 4.79 Å². The summed E-state index contributed by atoms with van der Waals surface area (Å²) >= 11 is 0. The van der Waals surface area contributed by atoms with Crippen molar-refractivity contribution in [2.45, 2.75) is 31.8 Å². The molecule has 0 spiro atoms. The molecule has 0 aliphatic carbocycles. The standard InChI is InChI=1S/C13H18O4/c1-13(16,9-12(14)15)8-7-10-3-5-11(17-2)6-4-10/h3-6,16H,7-9H2,1-2H3,(H,14,15). The molecule has 4 nitrogen and oxygen atoms in total. The highest BCUT2D eigenvalue weighted by molar-refractivity contribution is 5.68. The average molecular weight is 238 g/mol. The molecule has 1 rings (SSSR count). The van der Waals surface area contributed by atoms with Crippen molar-refractivity contribution in [3.63, 3.8) is 0 Å². The molecule has 1 aromatic rings. The van der Waals surface area contributed by atoms with Gasteiger partial charge in [-0.05, 0) is 37.5 Å². The Morgan fingerprint density at radius 3 is 2.41 bits per heavy atom. The van der Waals surface area contributed by atoms with Crippen molar-refractivity contribution in [3.8, 4) is 5.75 Å². The van der Waals surface area contributed by atoms with Gasteiger partial charge >= 0.3 is 5.97 Å². The van der Waals surface area contributed by atoms with Crippen LogP contribution in [0.4, 0.5) is 0 Å². The zero-order valence-corrected chi connectivity index (χ0v) is 10.1. The molecule has 0 radical (unpaired) electrons. The number of aliphatic carboxylic acids is 1. The number of aryl methyl sites for hydroxylation is 1. The monoisotopic (exact) mass is 238 g/mol. The molecular formula is C13H18O4. The Hall–Kier alpha value is -1.55. The minimum atomic E-state index is -1.16. The topological polar surface area (TPSA) is 66.8 Å². The van der Waals surface area contributed by atoms with Crippen LogP contribution in [0.2, 0.25) is 0 Å². The highest BCUT2D eigenvalue weighted by Gasteiger charge is 2.23. The van der Waals surface area contributed by atoms with E-state index in [1.807, 2.05) is 24.3 Å². The summed E-state index contributed by atoms with van der Waals surface area (Å²) in [5.74, 6) is -0.198. The molecule has 0 fully saturated rings. The van der Waals surface area contributed by atoms with Crippen LogP contribution in [0.3, 0.4) is 0 Å². The highest BCUT2D eigenvalue weighted by atomic mass is 16.5. The van der Waals surface area contributed by atoms with E-state index in [0.717, 1.165) is 11.3 Å². The van der Waals surface area contributed by atoms with Crippen LogP contribution in [-0.2, 0) is 11.2 Å². The maximum atomic E-state index is 10.5. The summed E-state index contributed by atoms with van der Waals surface area (Å²) in [7, 11) is 1.60. The first-order chi connectivity index (χ1) is 7.93. The van der Waals surface area contributed by atoms with Crippen LogP contribution in [0.5, 0.6) is 5.75 Å². The van der Waals surface area contributed by atoms with Crippen LogP contribution in [-0.4, -0.2) is 28.9 Å². The Kier molecular flexibility index (Phi) is 4.52. The summed E-state index contributed by atoms with van der Waals surface area (Å²) in [4.78, 5) is 10.5. The summed E-state index contributed by atoms with van der Waals surface area (Å²) in [5.41, 5.74) is -0.109. The SMILES string of the molecule is COc1ccc(CCC(C)(O)CC(=O)O)cc1. The van der Waals surface area contributed by atoms with Gasteiger partial charge in [0.05, 0.1) is 19.1 Å². The first-order valence-electron chi connectivity index (χ1n) is 5.50. The second kappa shape index (κ2) is 5.68. The van der Waals surface area contributed by atoms with E-state index in [1.54, 1.807) is 14.0 Å². The Balaban J connectivity index is 2.51. The third-order valence-electron chi connectivity index (χ3n) is 2.64. The first kappa shape index (κ1) is 13.5. The van der Waals surface area contributed by atoms with E-state index in [2.05, 4.69) is 0 Å². The van der Waals surface area contributed by atoms with E-state index in [4.69, 9.17) is 9.84 Å². The quantitative estimate of drug-likeness (QED) is 0.793. The minimum Gasteiger partial charge on any atom is -0.497 e. The molecule has 1 unspecified atom stereocenters. The lowest BCUT2D eigenvalue weighted by Gasteiger charge is -2.20. The molecule has 17 heavy (non-hydrogen) atoms. The van der Waals surface area contributed by atoms with E-state index >= 15 is 0 Å². The maximum absolute atomic E-state index is 10.5. The number of rotatable bonds is 6. The van der Waals surface area contributed by atoms with E-state index in [0.29, 0.717) is 12.8 Å². The second-order valence-corrected chi connectivity index (χ2v) is 4.42. The fourth-order valence-corrected chi connectivity index (χ4v) is 1.62. The van der Waals surface area contributed by atoms with Gasteiger partial charge in [0.1, 0.15) is 5.75 Å². The maximum Gasteiger partial charge on any atom is 0.306 e. The van der Waals surface area contributed by atoms with Gasteiger partial charge in [-0.1, -0.05) is 12.1 Å². The minimum absolute atomic E-state index is 0.233. The van der Waals surface area contributed by atoms with Gasteiger partial charge in [-0.25, -0.2) is 0 Å². The molecule has 0 aliphatic rings. The Morgan fingerprint density at radius 2 is 1.94 bits per heavy atom. The summed E-state index contributed by atoms with van der Waals surface area (Å²) in [5, 5.41) is 18.5. The number of aliphatic hydroxyl groups is 1. The number of carboxylic acid groups (broad SMARTS) is 1. The number of hydrogen-bond donors (Lipinski definition) is 2. The van der Waals surface area contributed by atoms with Crippen LogP contribution in [0.1, 0.15) is 25.3 Å². The van der Waals surface area contributed by atoms with Crippen molar-refractivity contribution in [2.75, 3.05) is 7.11 Å². The summed E-state index contributed by atoms with van der Waals surface area (Å²) in [6.07, 6.45) is 0.832.